The molecule has 0 saturated carbocycles. The van der Waals surface area contributed by atoms with Crippen molar-refractivity contribution in [3.63, 3.8) is 0 Å². The van der Waals surface area contributed by atoms with Crippen LogP contribution in [-0.4, -0.2) is 37.2 Å². The van der Waals surface area contributed by atoms with E-state index in [0.717, 1.165) is 83.5 Å². The second-order valence-corrected chi connectivity index (χ2v) is 19.3. The Bertz CT molecular complexity index is 1270. The molecule has 0 rings (SSSR count). The van der Waals surface area contributed by atoms with Crippen LogP contribution in [0.25, 0.3) is 0 Å². The van der Waals surface area contributed by atoms with Crippen LogP contribution in [0, 0.1) is 0 Å². The smallest absolute Gasteiger partial charge is 0.306 e. The maximum atomic E-state index is 12.9. The van der Waals surface area contributed by atoms with Crippen LogP contribution in [0.5, 0.6) is 0 Å². The van der Waals surface area contributed by atoms with Gasteiger partial charge >= 0.3 is 17.9 Å². The fraction of sp³-hybridized carbons (Fsp3) is 0.758. The van der Waals surface area contributed by atoms with E-state index in [-0.39, 0.29) is 31.1 Å². The van der Waals surface area contributed by atoms with Crippen molar-refractivity contribution in [2.75, 3.05) is 13.2 Å². The van der Waals surface area contributed by atoms with Gasteiger partial charge in [0.1, 0.15) is 13.2 Å². The molecular weight excluding hydrogens is 841 g/mol. The van der Waals surface area contributed by atoms with Crippen molar-refractivity contribution in [3.05, 3.63) is 72.9 Å². The highest BCUT2D eigenvalue weighted by Gasteiger charge is 2.19. The Morgan fingerprint density at radius 2 is 0.529 bits per heavy atom. The molecule has 0 aromatic heterocycles. The molecule has 0 aromatic carbocycles. The molecule has 0 saturated heterocycles. The van der Waals surface area contributed by atoms with Crippen LogP contribution in [0.1, 0.15) is 284 Å². The molecule has 0 fully saturated rings. The van der Waals surface area contributed by atoms with E-state index in [1.54, 1.807) is 0 Å². The van der Waals surface area contributed by atoms with Gasteiger partial charge in [0.2, 0.25) is 0 Å². The number of allylic oxidation sites excluding steroid dienone is 12. The molecule has 1 atom stereocenters. The van der Waals surface area contributed by atoms with Crippen LogP contribution < -0.4 is 0 Å². The molecule has 0 N–H and O–H groups in total. The second-order valence-electron chi connectivity index (χ2n) is 19.3. The molecule has 0 radical (unpaired) electrons. The van der Waals surface area contributed by atoms with E-state index in [1.807, 2.05) is 0 Å². The number of carbonyl (C=O) groups excluding carboxylic acids is 3. The maximum absolute atomic E-state index is 12.9. The van der Waals surface area contributed by atoms with Crippen LogP contribution in [0.2, 0.25) is 0 Å². The van der Waals surface area contributed by atoms with Gasteiger partial charge in [-0.25, -0.2) is 0 Å². The monoisotopic (exact) mass is 949 g/mol. The normalized spacial score (nSPS) is 12.6. The molecular formula is C62H108O6. The fourth-order valence-corrected chi connectivity index (χ4v) is 8.15. The van der Waals surface area contributed by atoms with Crippen molar-refractivity contribution in [3.8, 4) is 0 Å². The van der Waals surface area contributed by atoms with E-state index in [4.69, 9.17) is 14.2 Å². The zero-order valence-corrected chi connectivity index (χ0v) is 44.9. The number of ether oxygens (including phenoxy) is 3. The Morgan fingerprint density at radius 3 is 0.868 bits per heavy atom. The summed E-state index contributed by atoms with van der Waals surface area (Å²) in [4.78, 5) is 38.2. The van der Waals surface area contributed by atoms with Crippen molar-refractivity contribution in [1.82, 2.24) is 0 Å². The molecule has 0 bridgehead atoms. The lowest BCUT2D eigenvalue weighted by Gasteiger charge is -2.18. The summed E-state index contributed by atoms with van der Waals surface area (Å²) in [5.41, 5.74) is 0. The maximum Gasteiger partial charge on any atom is 0.306 e. The number of unbranched alkanes of at least 4 members (excludes halogenated alkanes) is 33. The first kappa shape index (κ1) is 64.8. The van der Waals surface area contributed by atoms with Crippen molar-refractivity contribution in [2.24, 2.45) is 0 Å². The highest BCUT2D eigenvalue weighted by molar-refractivity contribution is 5.71. The van der Waals surface area contributed by atoms with E-state index in [9.17, 15) is 14.4 Å². The Balaban J connectivity index is 4.41. The minimum Gasteiger partial charge on any atom is -0.462 e. The van der Waals surface area contributed by atoms with Crippen LogP contribution in [0.4, 0.5) is 0 Å². The SMILES string of the molecule is CCCCC\C=C/C=C\C=C/C=C\CCCCCCCC(=O)OC(COC(=O)CCCCCCCCCCCC/C=C\C=C/CCCCC)COC(=O)CCCCCCCCCCCCCCC. The number of esters is 3. The second kappa shape index (κ2) is 56.4. The first-order valence-corrected chi connectivity index (χ1v) is 29.0. The van der Waals surface area contributed by atoms with E-state index in [2.05, 4.69) is 93.7 Å². The molecule has 0 heterocycles. The van der Waals surface area contributed by atoms with Gasteiger partial charge in [-0.3, -0.25) is 14.4 Å². The Hall–Kier alpha value is -3.15. The highest BCUT2D eigenvalue weighted by Crippen LogP contribution is 2.16. The molecule has 6 heteroatoms. The number of hydrogen-bond acceptors (Lipinski definition) is 6. The molecule has 1 unspecified atom stereocenters. The van der Waals surface area contributed by atoms with Gasteiger partial charge in [0.15, 0.2) is 6.10 Å². The van der Waals surface area contributed by atoms with E-state index in [0.29, 0.717) is 19.3 Å². The zero-order valence-electron chi connectivity index (χ0n) is 44.9. The third-order valence-electron chi connectivity index (χ3n) is 12.6. The van der Waals surface area contributed by atoms with Crippen LogP contribution >= 0.6 is 0 Å². The summed E-state index contributed by atoms with van der Waals surface area (Å²) in [5.74, 6) is -0.901. The van der Waals surface area contributed by atoms with E-state index < -0.39 is 6.10 Å². The molecule has 0 aromatic rings. The Kier molecular flexibility index (Phi) is 53.8. The summed E-state index contributed by atoms with van der Waals surface area (Å²) in [6.45, 7) is 6.57. The first-order chi connectivity index (χ1) is 33.5. The lowest BCUT2D eigenvalue weighted by Crippen LogP contribution is -2.30. The summed E-state index contributed by atoms with van der Waals surface area (Å²) in [6.07, 6.45) is 71.6. The predicted molar refractivity (Wildman–Crippen MR) is 293 cm³/mol. The van der Waals surface area contributed by atoms with Crippen molar-refractivity contribution in [2.45, 2.75) is 290 Å². The van der Waals surface area contributed by atoms with Crippen molar-refractivity contribution < 1.29 is 28.6 Å². The molecule has 0 aliphatic carbocycles. The third-order valence-corrected chi connectivity index (χ3v) is 12.6. The van der Waals surface area contributed by atoms with E-state index in [1.165, 1.54) is 161 Å². The standard InChI is InChI=1S/C62H108O6/c1-4-7-10-13-16-19-22-25-27-29-31-33-34-37-40-43-46-49-52-55-61(64)67-58-59(57-66-60(63)54-51-48-45-42-39-36-24-21-18-15-12-9-6-3)68-62(65)56-53-50-47-44-41-38-35-32-30-28-26-23-20-17-14-11-8-5-2/h16-17,19-20,22-23,25-26,28,30,32,35,59H,4-15,18,21,24,27,29,31,33-34,36-58H2,1-3H3/b19-16-,20-17-,25-22-,26-23-,30-28-,35-32-. The average Bonchev–Trinajstić information content (AvgIpc) is 3.34. The highest BCUT2D eigenvalue weighted by atomic mass is 16.6. The molecule has 0 spiro atoms. The topological polar surface area (TPSA) is 78.9 Å². The van der Waals surface area contributed by atoms with Crippen LogP contribution in [-0.2, 0) is 28.6 Å². The third kappa shape index (κ3) is 53.8. The average molecular weight is 950 g/mol. The van der Waals surface area contributed by atoms with Gasteiger partial charge in [0.05, 0.1) is 0 Å². The number of carbonyl (C=O) groups is 3. The van der Waals surface area contributed by atoms with Gasteiger partial charge < -0.3 is 14.2 Å². The molecule has 392 valence electrons. The van der Waals surface area contributed by atoms with Gasteiger partial charge in [0.25, 0.3) is 0 Å². The molecule has 0 aliphatic heterocycles. The lowest BCUT2D eigenvalue weighted by molar-refractivity contribution is -0.167. The first-order valence-electron chi connectivity index (χ1n) is 29.0. The van der Waals surface area contributed by atoms with Crippen molar-refractivity contribution in [1.29, 1.82) is 0 Å². The number of rotatable bonds is 52. The molecule has 0 amide bonds. The number of hydrogen-bond donors (Lipinski definition) is 0. The summed E-state index contributed by atoms with van der Waals surface area (Å²) < 4.78 is 16.9. The van der Waals surface area contributed by atoms with Gasteiger partial charge in [-0.2, -0.15) is 0 Å². The summed E-state index contributed by atoms with van der Waals surface area (Å²) in [6, 6.07) is 0. The van der Waals surface area contributed by atoms with Gasteiger partial charge in [-0.1, -0.05) is 267 Å². The summed E-state index contributed by atoms with van der Waals surface area (Å²) in [5, 5.41) is 0. The molecule has 0 aliphatic rings. The van der Waals surface area contributed by atoms with Gasteiger partial charge in [-0.05, 0) is 70.6 Å². The van der Waals surface area contributed by atoms with Crippen molar-refractivity contribution >= 4 is 17.9 Å². The molecule has 68 heavy (non-hydrogen) atoms. The lowest BCUT2D eigenvalue weighted by atomic mass is 10.0. The largest absolute Gasteiger partial charge is 0.462 e. The van der Waals surface area contributed by atoms with Crippen LogP contribution in [0.15, 0.2) is 72.9 Å². The van der Waals surface area contributed by atoms with Gasteiger partial charge in [-0.15, -0.1) is 0 Å². The molecule has 6 nitrogen and oxygen atoms in total. The quantitative estimate of drug-likeness (QED) is 0.0262. The van der Waals surface area contributed by atoms with Gasteiger partial charge in [0, 0.05) is 19.3 Å². The fourth-order valence-electron chi connectivity index (χ4n) is 8.15. The summed E-state index contributed by atoms with van der Waals surface area (Å²) in [7, 11) is 0. The Labute approximate surface area is 421 Å². The zero-order chi connectivity index (χ0) is 49.3. The predicted octanol–water partition coefficient (Wildman–Crippen LogP) is 19.4. The Morgan fingerprint density at radius 1 is 0.294 bits per heavy atom. The minimum atomic E-state index is -0.788. The summed E-state index contributed by atoms with van der Waals surface area (Å²) >= 11 is 0. The minimum absolute atomic E-state index is 0.0840. The van der Waals surface area contributed by atoms with Crippen LogP contribution in [0.3, 0.4) is 0 Å². The van der Waals surface area contributed by atoms with E-state index >= 15 is 0 Å².